The van der Waals surface area contributed by atoms with E-state index in [9.17, 15) is 18.4 Å². The van der Waals surface area contributed by atoms with Crippen LogP contribution in [0.5, 0.6) is 0 Å². The van der Waals surface area contributed by atoms with Gasteiger partial charge in [-0.2, -0.15) is 0 Å². The summed E-state index contributed by atoms with van der Waals surface area (Å²) >= 11 is 0. The summed E-state index contributed by atoms with van der Waals surface area (Å²) in [6.45, 7) is 0. The number of anilines is 1. The lowest BCUT2D eigenvalue weighted by Gasteiger charge is -2.06. The Morgan fingerprint density at radius 2 is 1.89 bits per heavy atom. The molecule has 1 aromatic carbocycles. The van der Waals surface area contributed by atoms with Crippen LogP contribution in [0.2, 0.25) is 0 Å². The molecule has 0 saturated carbocycles. The fourth-order valence-corrected chi connectivity index (χ4v) is 1.51. The first-order chi connectivity index (χ1) is 8.97. The van der Waals surface area contributed by atoms with Gasteiger partial charge < -0.3 is 9.88 Å². The Morgan fingerprint density at radius 1 is 1.16 bits per heavy atom. The predicted octanol–water partition coefficient (Wildman–Crippen LogP) is 1.92. The molecule has 4 nitrogen and oxygen atoms in total. The van der Waals surface area contributed by atoms with E-state index in [-0.39, 0.29) is 16.8 Å². The molecule has 2 rings (SSSR count). The van der Waals surface area contributed by atoms with Crippen LogP contribution in [0.1, 0.15) is 10.4 Å². The van der Waals surface area contributed by atoms with Gasteiger partial charge in [0, 0.05) is 31.1 Å². The van der Waals surface area contributed by atoms with Gasteiger partial charge in [0.2, 0.25) is 5.56 Å². The minimum absolute atomic E-state index is 0.137. The molecule has 6 heteroatoms. The van der Waals surface area contributed by atoms with Crippen molar-refractivity contribution >= 4 is 11.6 Å². The third kappa shape index (κ3) is 2.85. The Kier molecular flexibility index (Phi) is 3.41. The number of nitrogens with zero attached hydrogens (tertiary/aromatic N) is 1. The highest BCUT2D eigenvalue weighted by molar-refractivity contribution is 6.04. The molecule has 0 aliphatic heterocycles. The molecule has 0 aliphatic carbocycles. The van der Waals surface area contributed by atoms with Crippen LogP contribution in [0.25, 0.3) is 0 Å². The smallest absolute Gasteiger partial charge is 0.257 e. The summed E-state index contributed by atoms with van der Waals surface area (Å²) in [6.07, 6.45) is 1.36. The second-order valence-corrected chi connectivity index (χ2v) is 3.95. The Morgan fingerprint density at radius 3 is 2.53 bits per heavy atom. The van der Waals surface area contributed by atoms with E-state index in [0.717, 1.165) is 12.1 Å². The lowest BCUT2D eigenvalue weighted by Crippen LogP contribution is -2.19. The third-order valence-electron chi connectivity index (χ3n) is 2.53. The van der Waals surface area contributed by atoms with Crippen molar-refractivity contribution in [1.29, 1.82) is 0 Å². The second-order valence-electron chi connectivity index (χ2n) is 3.95. The quantitative estimate of drug-likeness (QED) is 0.900. The van der Waals surface area contributed by atoms with E-state index in [1.165, 1.54) is 36.0 Å². The summed E-state index contributed by atoms with van der Waals surface area (Å²) in [5.74, 6) is -2.54. The first-order valence-corrected chi connectivity index (χ1v) is 5.40. The molecule has 19 heavy (non-hydrogen) atoms. The van der Waals surface area contributed by atoms with Gasteiger partial charge in [-0.25, -0.2) is 8.78 Å². The van der Waals surface area contributed by atoms with Crippen LogP contribution in [-0.2, 0) is 7.05 Å². The summed E-state index contributed by atoms with van der Waals surface area (Å²) in [6, 6.07) is 5.66. The van der Waals surface area contributed by atoms with E-state index in [0.29, 0.717) is 0 Å². The number of benzene rings is 1. The summed E-state index contributed by atoms with van der Waals surface area (Å²) in [5, 5.41) is 2.41. The highest BCUT2D eigenvalue weighted by atomic mass is 19.2. The molecular formula is C13H10F2N2O2. The van der Waals surface area contributed by atoms with E-state index in [1.54, 1.807) is 0 Å². The third-order valence-corrected chi connectivity index (χ3v) is 2.53. The van der Waals surface area contributed by atoms with Gasteiger partial charge in [0.1, 0.15) is 0 Å². The Labute approximate surface area is 107 Å². The molecule has 98 valence electrons. The first-order valence-electron chi connectivity index (χ1n) is 5.40. The molecule has 2 aromatic rings. The van der Waals surface area contributed by atoms with Crippen LogP contribution in [0.3, 0.4) is 0 Å². The van der Waals surface area contributed by atoms with Gasteiger partial charge in [-0.1, -0.05) is 0 Å². The number of amides is 1. The van der Waals surface area contributed by atoms with Gasteiger partial charge >= 0.3 is 0 Å². The Hall–Kier alpha value is -2.50. The number of hydrogen-bond donors (Lipinski definition) is 1. The average Bonchev–Trinajstić information content (AvgIpc) is 2.37. The van der Waals surface area contributed by atoms with Crippen molar-refractivity contribution in [2.45, 2.75) is 0 Å². The molecule has 0 atom stereocenters. The molecule has 0 bridgehead atoms. The van der Waals surface area contributed by atoms with E-state index in [1.807, 2.05) is 0 Å². The number of aromatic nitrogens is 1. The van der Waals surface area contributed by atoms with Gasteiger partial charge in [0.05, 0.1) is 5.56 Å². The molecule has 0 saturated heterocycles. The molecule has 0 spiro atoms. The fraction of sp³-hybridized carbons (Fsp3) is 0.0769. The largest absolute Gasteiger partial charge is 0.322 e. The molecule has 0 aliphatic rings. The van der Waals surface area contributed by atoms with Crippen LogP contribution in [-0.4, -0.2) is 10.5 Å². The highest BCUT2D eigenvalue weighted by Crippen LogP contribution is 2.14. The molecule has 1 aromatic heterocycles. The van der Waals surface area contributed by atoms with Crippen molar-refractivity contribution in [3.63, 3.8) is 0 Å². The van der Waals surface area contributed by atoms with Gasteiger partial charge in [-0.05, 0) is 18.2 Å². The number of carbonyl (C=O) groups excluding carboxylic acids is 1. The number of nitrogens with one attached hydrogen (secondary N) is 1. The zero-order valence-corrected chi connectivity index (χ0v) is 9.98. The van der Waals surface area contributed by atoms with Gasteiger partial charge in [0.25, 0.3) is 5.91 Å². The van der Waals surface area contributed by atoms with Crippen molar-refractivity contribution in [1.82, 2.24) is 4.57 Å². The number of halogens is 2. The van der Waals surface area contributed by atoms with Crippen LogP contribution >= 0.6 is 0 Å². The molecule has 1 N–H and O–H groups in total. The second kappa shape index (κ2) is 5.01. The maximum Gasteiger partial charge on any atom is 0.257 e. The number of hydrogen-bond acceptors (Lipinski definition) is 2. The van der Waals surface area contributed by atoms with Gasteiger partial charge in [0.15, 0.2) is 11.6 Å². The van der Waals surface area contributed by atoms with Crippen LogP contribution in [0.4, 0.5) is 14.5 Å². The first kappa shape index (κ1) is 12.9. The lowest BCUT2D eigenvalue weighted by atomic mass is 10.2. The van der Waals surface area contributed by atoms with E-state index in [2.05, 4.69) is 5.32 Å². The summed E-state index contributed by atoms with van der Waals surface area (Å²) < 4.78 is 27.0. The number of carbonyl (C=O) groups is 1. The molecule has 0 fully saturated rings. The maximum absolute atomic E-state index is 13.0. The maximum atomic E-state index is 13.0. The zero-order valence-electron chi connectivity index (χ0n) is 9.98. The molecule has 0 unspecified atom stereocenters. The van der Waals surface area contributed by atoms with Crippen LogP contribution in [0.15, 0.2) is 41.3 Å². The van der Waals surface area contributed by atoms with Crippen molar-refractivity contribution in [3.05, 3.63) is 64.1 Å². The standard InChI is InChI=1S/C13H10F2N2O2/c1-17-7-8(2-5-12(17)18)13(19)16-9-3-4-10(14)11(15)6-9/h2-7H,1H3,(H,16,19). The van der Waals surface area contributed by atoms with Crippen LogP contribution in [0, 0.1) is 11.6 Å². The van der Waals surface area contributed by atoms with Crippen molar-refractivity contribution in [3.8, 4) is 0 Å². The number of aryl methyl sites for hydroxylation is 1. The van der Waals surface area contributed by atoms with Crippen molar-refractivity contribution in [2.75, 3.05) is 5.32 Å². The normalized spacial score (nSPS) is 10.3. The number of rotatable bonds is 2. The molecule has 1 heterocycles. The lowest BCUT2D eigenvalue weighted by molar-refractivity contribution is 0.102. The molecule has 0 radical (unpaired) electrons. The van der Waals surface area contributed by atoms with Crippen molar-refractivity contribution in [2.24, 2.45) is 7.05 Å². The van der Waals surface area contributed by atoms with Gasteiger partial charge in [-0.3, -0.25) is 9.59 Å². The molecule has 1 amide bonds. The van der Waals surface area contributed by atoms with E-state index in [4.69, 9.17) is 0 Å². The van der Waals surface area contributed by atoms with Gasteiger partial charge in [-0.15, -0.1) is 0 Å². The van der Waals surface area contributed by atoms with E-state index >= 15 is 0 Å². The van der Waals surface area contributed by atoms with Crippen LogP contribution < -0.4 is 10.9 Å². The zero-order chi connectivity index (χ0) is 14.0. The summed E-state index contributed by atoms with van der Waals surface area (Å²) in [5.41, 5.74) is 0.133. The Bertz CT molecular complexity index is 695. The van der Waals surface area contributed by atoms with E-state index < -0.39 is 17.5 Å². The summed E-state index contributed by atoms with van der Waals surface area (Å²) in [4.78, 5) is 23.0. The molecular weight excluding hydrogens is 254 g/mol. The SMILES string of the molecule is Cn1cc(C(=O)Nc2ccc(F)c(F)c2)ccc1=O. The minimum Gasteiger partial charge on any atom is -0.322 e. The topological polar surface area (TPSA) is 51.1 Å². The summed E-state index contributed by atoms with van der Waals surface area (Å²) in [7, 11) is 1.51. The minimum atomic E-state index is -1.04. The Balaban J connectivity index is 2.22. The predicted molar refractivity (Wildman–Crippen MR) is 66.0 cm³/mol. The average molecular weight is 264 g/mol. The fourth-order valence-electron chi connectivity index (χ4n) is 1.51. The monoisotopic (exact) mass is 264 g/mol. The number of pyridine rings is 1. The van der Waals surface area contributed by atoms with Crippen molar-refractivity contribution < 1.29 is 13.6 Å². The highest BCUT2D eigenvalue weighted by Gasteiger charge is 2.09.